The second kappa shape index (κ2) is 5.38. The molecule has 1 aliphatic heterocycles. The first-order valence-electron chi connectivity index (χ1n) is 5.96. The smallest absolute Gasteiger partial charge is 0.122 e. The number of benzene rings is 1. The molecule has 1 fully saturated rings. The molecule has 4 nitrogen and oxygen atoms in total. The van der Waals surface area contributed by atoms with Gasteiger partial charge < -0.3 is 14.7 Å². The minimum atomic E-state index is 0.377. The molecule has 1 aliphatic rings. The number of nitrogens with zero attached hydrogens (tertiary/aromatic N) is 2. The van der Waals surface area contributed by atoms with E-state index in [2.05, 4.69) is 4.90 Å². The number of ether oxygens (including phenoxy) is 1. The summed E-state index contributed by atoms with van der Waals surface area (Å²) in [5, 5.41) is 9.99. The molecule has 0 atom stereocenters. The Hall–Kier alpha value is -1.26. The van der Waals surface area contributed by atoms with Gasteiger partial charge in [-0.15, -0.1) is 0 Å². The molecule has 1 heterocycles. The van der Waals surface area contributed by atoms with Gasteiger partial charge >= 0.3 is 0 Å². The molecular formula is C13H20N2O2. The molecule has 0 spiro atoms. The van der Waals surface area contributed by atoms with Gasteiger partial charge in [0.15, 0.2) is 0 Å². The molecule has 1 aromatic rings. The van der Waals surface area contributed by atoms with Crippen molar-refractivity contribution in [2.24, 2.45) is 0 Å². The summed E-state index contributed by atoms with van der Waals surface area (Å²) in [6.07, 6.45) is 0. The molecule has 0 bridgehead atoms. The lowest BCUT2D eigenvalue weighted by Gasteiger charge is -2.27. The SMILES string of the molecule is CN(C)c1ccc(CN2CCOCC2)c(O)c1. The zero-order chi connectivity index (χ0) is 12.3. The summed E-state index contributed by atoms with van der Waals surface area (Å²) in [4.78, 5) is 4.28. The highest BCUT2D eigenvalue weighted by Gasteiger charge is 2.13. The average molecular weight is 236 g/mol. The highest BCUT2D eigenvalue weighted by Crippen LogP contribution is 2.24. The van der Waals surface area contributed by atoms with Crippen molar-refractivity contribution in [1.29, 1.82) is 0 Å². The maximum Gasteiger partial charge on any atom is 0.122 e. The van der Waals surface area contributed by atoms with Gasteiger partial charge in [0.25, 0.3) is 0 Å². The number of hydrogen-bond acceptors (Lipinski definition) is 4. The van der Waals surface area contributed by atoms with Gasteiger partial charge in [0, 0.05) is 51.0 Å². The van der Waals surface area contributed by atoms with Crippen LogP contribution in [0.4, 0.5) is 5.69 Å². The molecule has 0 aliphatic carbocycles. The number of anilines is 1. The van der Waals surface area contributed by atoms with Gasteiger partial charge in [-0.25, -0.2) is 0 Å². The minimum absolute atomic E-state index is 0.377. The lowest BCUT2D eigenvalue weighted by Crippen LogP contribution is -2.35. The molecule has 1 aromatic carbocycles. The summed E-state index contributed by atoms with van der Waals surface area (Å²) in [5.74, 6) is 0.377. The van der Waals surface area contributed by atoms with E-state index in [1.165, 1.54) is 0 Å². The van der Waals surface area contributed by atoms with E-state index < -0.39 is 0 Å². The predicted octanol–water partition coefficient (Wildman–Crippen LogP) is 1.29. The van der Waals surface area contributed by atoms with Crippen LogP contribution in [0.15, 0.2) is 18.2 Å². The van der Waals surface area contributed by atoms with Gasteiger partial charge in [-0.1, -0.05) is 6.07 Å². The molecule has 17 heavy (non-hydrogen) atoms. The Morgan fingerprint density at radius 3 is 2.59 bits per heavy atom. The maximum atomic E-state index is 9.99. The van der Waals surface area contributed by atoms with Crippen molar-refractivity contribution in [3.05, 3.63) is 23.8 Å². The van der Waals surface area contributed by atoms with Crippen molar-refractivity contribution < 1.29 is 9.84 Å². The van der Waals surface area contributed by atoms with E-state index in [0.717, 1.165) is 44.1 Å². The van der Waals surface area contributed by atoms with Crippen LogP contribution in [0.5, 0.6) is 5.75 Å². The first kappa shape index (κ1) is 12.2. The zero-order valence-electron chi connectivity index (χ0n) is 10.5. The topological polar surface area (TPSA) is 35.9 Å². The molecule has 0 amide bonds. The van der Waals surface area contributed by atoms with Crippen LogP contribution in [0.3, 0.4) is 0 Å². The summed E-state index contributed by atoms with van der Waals surface area (Å²) < 4.78 is 5.31. The third kappa shape index (κ3) is 3.11. The fourth-order valence-electron chi connectivity index (χ4n) is 1.96. The Balaban J connectivity index is 2.05. The Labute approximate surface area is 102 Å². The van der Waals surface area contributed by atoms with Gasteiger partial charge in [-0.05, 0) is 6.07 Å². The minimum Gasteiger partial charge on any atom is -0.508 e. The molecule has 0 saturated carbocycles. The van der Waals surface area contributed by atoms with Crippen LogP contribution >= 0.6 is 0 Å². The van der Waals surface area contributed by atoms with Gasteiger partial charge in [0.2, 0.25) is 0 Å². The van der Waals surface area contributed by atoms with Crippen LogP contribution in [0.1, 0.15) is 5.56 Å². The van der Waals surface area contributed by atoms with Crippen molar-refractivity contribution in [2.75, 3.05) is 45.3 Å². The summed E-state index contributed by atoms with van der Waals surface area (Å²) >= 11 is 0. The Morgan fingerprint density at radius 2 is 2.00 bits per heavy atom. The third-order valence-electron chi connectivity index (χ3n) is 3.08. The average Bonchev–Trinajstić information content (AvgIpc) is 2.33. The Kier molecular flexibility index (Phi) is 3.86. The van der Waals surface area contributed by atoms with E-state index in [-0.39, 0.29) is 0 Å². The van der Waals surface area contributed by atoms with Gasteiger partial charge in [-0.2, -0.15) is 0 Å². The molecular weight excluding hydrogens is 216 g/mol. The highest BCUT2D eigenvalue weighted by atomic mass is 16.5. The van der Waals surface area contributed by atoms with Crippen molar-refractivity contribution in [3.8, 4) is 5.75 Å². The zero-order valence-corrected chi connectivity index (χ0v) is 10.5. The number of rotatable bonds is 3. The molecule has 1 N–H and O–H groups in total. The molecule has 94 valence electrons. The largest absolute Gasteiger partial charge is 0.508 e. The van der Waals surface area contributed by atoms with E-state index in [1.807, 2.05) is 37.2 Å². The van der Waals surface area contributed by atoms with Crippen LogP contribution in [0, 0.1) is 0 Å². The standard InChI is InChI=1S/C13H20N2O2/c1-14(2)12-4-3-11(13(16)9-12)10-15-5-7-17-8-6-15/h3-4,9,16H,5-8,10H2,1-2H3. The lowest BCUT2D eigenvalue weighted by atomic mass is 10.1. The monoisotopic (exact) mass is 236 g/mol. The molecule has 0 unspecified atom stereocenters. The fourth-order valence-corrected chi connectivity index (χ4v) is 1.96. The summed E-state index contributed by atoms with van der Waals surface area (Å²) in [6.45, 7) is 4.25. The Morgan fingerprint density at radius 1 is 1.29 bits per heavy atom. The lowest BCUT2D eigenvalue weighted by molar-refractivity contribution is 0.0339. The highest BCUT2D eigenvalue weighted by molar-refractivity contribution is 5.52. The number of phenols is 1. The van der Waals surface area contributed by atoms with Crippen LogP contribution < -0.4 is 4.90 Å². The van der Waals surface area contributed by atoms with Crippen LogP contribution in [0.25, 0.3) is 0 Å². The maximum absolute atomic E-state index is 9.99. The van der Waals surface area contributed by atoms with Crippen LogP contribution in [0.2, 0.25) is 0 Å². The summed E-state index contributed by atoms with van der Waals surface area (Å²) in [7, 11) is 3.94. The van der Waals surface area contributed by atoms with Crippen molar-refractivity contribution >= 4 is 5.69 Å². The fraction of sp³-hybridized carbons (Fsp3) is 0.538. The van der Waals surface area contributed by atoms with Crippen molar-refractivity contribution in [1.82, 2.24) is 4.90 Å². The van der Waals surface area contributed by atoms with Crippen molar-refractivity contribution in [3.63, 3.8) is 0 Å². The number of morpholine rings is 1. The molecule has 0 aromatic heterocycles. The number of hydrogen-bond donors (Lipinski definition) is 1. The number of phenolic OH excluding ortho intramolecular Hbond substituents is 1. The molecule has 1 saturated heterocycles. The van der Waals surface area contributed by atoms with Gasteiger partial charge in [0.1, 0.15) is 5.75 Å². The second-order valence-corrected chi connectivity index (χ2v) is 4.60. The van der Waals surface area contributed by atoms with Gasteiger partial charge in [-0.3, -0.25) is 4.90 Å². The normalized spacial score (nSPS) is 17.1. The van der Waals surface area contributed by atoms with Gasteiger partial charge in [0.05, 0.1) is 13.2 Å². The summed E-state index contributed by atoms with van der Waals surface area (Å²) in [6, 6.07) is 5.85. The van der Waals surface area contributed by atoms with E-state index in [9.17, 15) is 5.11 Å². The second-order valence-electron chi connectivity index (χ2n) is 4.60. The van der Waals surface area contributed by atoms with Crippen LogP contribution in [-0.4, -0.2) is 50.4 Å². The van der Waals surface area contributed by atoms with E-state index >= 15 is 0 Å². The number of aromatic hydroxyl groups is 1. The molecule has 0 radical (unpaired) electrons. The third-order valence-corrected chi connectivity index (χ3v) is 3.08. The van der Waals surface area contributed by atoms with Crippen molar-refractivity contribution in [2.45, 2.75) is 6.54 Å². The summed E-state index contributed by atoms with van der Waals surface area (Å²) in [5.41, 5.74) is 2.01. The molecule has 2 rings (SSSR count). The first-order valence-corrected chi connectivity index (χ1v) is 5.96. The first-order chi connectivity index (χ1) is 8.16. The van der Waals surface area contributed by atoms with E-state index in [1.54, 1.807) is 0 Å². The quantitative estimate of drug-likeness (QED) is 0.858. The predicted molar refractivity (Wildman–Crippen MR) is 68.5 cm³/mol. The van der Waals surface area contributed by atoms with E-state index in [4.69, 9.17) is 4.74 Å². The Bertz CT molecular complexity index is 374. The molecule has 4 heteroatoms. The van der Waals surface area contributed by atoms with Crippen LogP contribution in [-0.2, 0) is 11.3 Å². The van der Waals surface area contributed by atoms with E-state index in [0.29, 0.717) is 5.75 Å².